The first-order valence-corrected chi connectivity index (χ1v) is 7.26. The van der Waals surface area contributed by atoms with Gasteiger partial charge < -0.3 is 15.4 Å². The number of primary amides is 1. The molecule has 2 N–H and O–H groups in total. The maximum atomic E-state index is 12.2. The molecule has 0 bridgehead atoms. The van der Waals surface area contributed by atoms with E-state index in [4.69, 9.17) is 10.5 Å². The first kappa shape index (κ1) is 15.4. The zero-order valence-electron chi connectivity index (χ0n) is 12.5. The van der Waals surface area contributed by atoms with Crippen LogP contribution in [-0.2, 0) is 4.79 Å². The number of carbonyl (C=O) groups excluding carboxylic acids is 2. The van der Waals surface area contributed by atoms with E-state index in [2.05, 4.69) is 13.8 Å². The Hall–Kier alpha value is -2.04. The van der Waals surface area contributed by atoms with Crippen molar-refractivity contribution >= 4 is 11.8 Å². The molecular weight excluding hydrogens is 268 g/mol. The van der Waals surface area contributed by atoms with E-state index < -0.39 is 5.91 Å². The summed E-state index contributed by atoms with van der Waals surface area (Å²) in [5, 5.41) is 0. The summed E-state index contributed by atoms with van der Waals surface area (Å²) in [6.45, 7) is 5.95. The number of amides is 2. The Labute approximate surface area is 125 Å². The summed E-state index contributed by atoms with van der Waals surface area (Å²) in [7, 11) is 0. The van der Waals surface area contributed by atoms with Gasteiger partial charge in [0.1, 0.15) is 5.75 Å². The monoisotopic (exact) mass is 290 g/mol. The highest BCUT2D eigenvalue weighted by atomic mass is 16.5. The number of nitrogens with zero attached hydrogens (tertiary/aromatic N) is 1. The molecule has 0 aliphatic carbocycles. The number of hydrogen-bond acceptors (Lipinski definition) is 3. The lowest BCUT2D eigenvalue weighted by atomic mass is 9.92. The first-order chi connectivity index (χ1) is 9.95. The summed E-state index contributed by atoms with van der Waals surface area (Å²) >= 11 is 0. The summed E-state index contributed by atoms with van der Waals surface area (Å²) in [5.74, 6) is 1.16. The quantitative estimate of drug-likeness (QED) is 0.916. The van der Waals surface area contributed by atoms with Gasteiger partial charge in [-0.2, -0.15) is 0 Å². The molecule has 1 heterocycles. The molecule has 1 aliphatic heterocycles. The highest BCUT2D eigenvalue weighted by Crippen LogP contribution is 2.21. The molecule has 2 atom stereocenters. The fourth-order valence-electron chi connectivity index (χ4n) is 2.82. The van der Waals surface area contributed by atoms with Gasteiger partial charge in [0.2, 0.25) is 5.91 Å². The Kier molecular flexibility index (Phi) is 4.83. The number of piperidine rings is 1. The van der Waals surface area contributed by atoms with Gasteiger partial charge in [-0.25, -0.2) is 0 Å². The van der Waals surface area contributed by atoms with Crippen LogP contribution in [0.3, 0.4) is 0 Å². The van der Waals surface area contributed by atoms with Crippen molar-refractivity contribution < 1.29 is 14.3 Å². The molecule has 0 saturated carbocycles. The third-order valence-electron chi connectivity index (χ3n) is 3.72. The van der Waals surface area contributed by atoms with Crippen LogP contribution in [0.2, 0.25) is 0 Å². The van der Waals surface area contributed by atoms with Gasteiger partial charge in [0, 0.05) is 18.7 Å². The van der Waals surface area contributed by atoms with Crippen LogP contribution in [0.15, 0.2) is 24.3 Å². The second-order valence-electron chi connectivity index (χ2n) is 5.92. The summed E-state index contributed by atoms with van der Waals surface area (Å²) < 4.78 is 5.48. The van der Waals surface area contributed by atoms with E-state index in [0.717, 1.165) is 13.1 Å². The van der Waals surface area contributed by atoms with Gasteiger partial charge in [-0.15, -0.1) is 0 Å². The fraction of sp³-hybridized carbons (Fsp3) is 0.500. The first-order valence-electron chi connectivity index (χ1n) is 7.26. The second-order valence-corrected chi connectivity index (χ2v) is 5.92. The predicted octanol–water partition coefficient (Wildman–Crippen LogP) is 1.67. The lowest BCUT2D eigenvalue weighted by Crippen LogP contribution is -2.44. The van der Waals surface area contributed by atoms with Gasteiger partial charge >= 0.3 is 0 Å². The topological polar surface area (TPSA) is 72.6 Å². The Balaban J connectivity index is 1.87. The van der Waals surface area contributed by atoms with Crippen LogP contribution in [0, 0.1) is 11.8 Å². The van der Waals surface area contributed by atoms with Crippen LogP contribution < -0.4 is 10.5 Å². The van der Waals surface area contributed by atoms with Gasteiger partial charge in [-0.05, 0) is 42.5 Å². The van der Waals surface area contributed by atoms with Crippen molar-refractivity contribution in [1.29, 1.82) is 0 Å². The standard InChI is InChI=1S/C16H22N2O3/c1-11-7-12(2)9-18(8-11)15(19)10-21-14-5-3-13(4-6-14)16(17)20/h3-6,11-12H,7-10H2,1-2H3,(H2,17,20)/t11-,12-/m1/s1. The molecule has 5 heteroatoms. The molecule has 0 aromatic heterocycles. The van der Waals surface area contributed by atoms with E-state index in [1.807, 2.05) is 4.90 Å². The maximum Gasteiger partial charge on any atom is 0.260 e. The number of rotatable bonds is 4. The Morgan fingerprint density at radius 3 is 2.29 bits per heavy atom. The van der Waals surface area contributed by atoms with E-state index in [9.17, 15) is 9.59 Å². The molecule has 1 aromatic carbocycles. The smallest absolute Gasteiger partial charge is 0.260 e. The number of likely N-dealkylation sites (tertiary alicyclic amines) is 1. The number of hydrogen-bond donors (Lipinski definition) is 1. The predicted molar refractivity (Wildman–Crippen MR) is 80.0 cm³/mol. The van der Waals surface area contributed by atoms with Crippen LogP contribution in [0.25, 0.3) is 0 Å². The molecule has 0 unspecified atom stereocenters. The van der Waals surface area contributed by atoms with Crippen molar-refractivity contribution in [3.05, 3.63) is 29.8 Å². The maximum absolute atomic E-state index is 12.2. The van der Waals surface area contributed by atoms with E-state index in [1.165, 1.54) is 6.42 Å². The number of carbonyl (C=O) groups is 2. The summed E-state index contributed by atoms with van der Waals surface area (Å²) in [4.78, 5) is 25.0. The molecule has 0 spiro atoms. The van der Waals surface area contributed by atoms with Crippen LogP contribution in [0.4, 0.5) is 0 Å². The number of benzene rings is 1. The van der Waals surface area contributed by atoms with E-state index in [-0.39, 0.29) is 12.5 Å². The molecule has 1 aliphatic rings. The minimum atomic E-state index is -0.478. The third kappa shape index (κ3) is 4.21. The van der Waals surface area contributed by atoms with Crippen molar-refractivity contribution in [3.63, 3.8) is 0 Å². The van der Waals surface area contributed by atoms with Crippen molar-refractivity contribution in [3.8, 4) is 5.75 Å². The minimum Gasteiger partial charge on any atom is -0.484 e. The van der Waals surface area contributed by atoms with Crippen LogP contribution >= 0.6 is 0 Å². The Morgan fingerprint density at radius 1 is 1.19 bits per heavy atom. The lowest BCUT2D eigenvalue weighted by molar-refractivity contribution is -0.136. The third-order valence-corrected chi connectivity index (χ3v) is 3.72. The molecule has 1 fully saturated rings. The minimum absolute atomic E-state index is 0.00683. The molecule has 1 aromatic rings. The van der Waals surface area contributed by atoms with Crippen LogP contribution in [0.1, 0.15) is 30.6 Å². The molecule has 2 amide bonds. The van der Waals surface area contributed by atoms with Crippen molar-refractivity contribution in [1.82, 2.24) is 4.90 Å². The SMILES string of the molecule is C[C@@H]1C[C@@H](C)CN(C(=O)COc2ccc(C(N)=O)cc2)C1. The molecule has 1 saturated heterocycles. The van der Waals surface area contributed by atoms with Gasteiger partial charge in [-0.1, -0.05) is 13.8 Å². The highest BCUT2D eigenvalue weighted by Gasteiger charge is 2.25. The molecule has 0 radical (unpaired) electrons. The largest absolute Gasteiger partial charge is 0.484 e. The zero-order valence-corrected chi connectivity index (χ0v) is 12.5. The Morgan fingerprint density at radius 2 is 1.76 bits per heavy atom. The molecule has 114 valence electrons. The molecule has 2 rings (SSSR count). The van der Waals surface area contributed by atoms with Gasteiger partial charge in [0.05, 0.1) is 0 Å². The summed E-state index contributed by atoms with van der Waals surface area (Å²) in [5.41, 5.74) is 5.59. The van der Waals surface area contributed by atoms with Gasteiger partial charge in [0.15, 0.2) is 6.61 Å². The summed E-state index contributed by atoms with van der Waals surface area (Å²) in [6.07, 6.45) is 1.17. The zero-order chi connectivity index (χ0) is 15.4. The molecule has 5 nitrogen and oxygen atoms in total. The lowest BCUT2D eigenvalue weighted by Gasteiger charge is -2.34. The second kappa shape index (κ2) is 6.61. The molecular formula is C16H22N2O3. The van der Waals surface area contributed by atoms with Crippen molar-refractivity contribution in [2.24, 2.45) is 17.6 Å². The van der Waals surface area contributed by atoms with Crippen LogP contribution in [-0.4, -0.2) is 36.4 Å². The van der Waals surface area contributed by atoms with Gasteiger partial charge in [-0.3, -0.25) is 9.59 Å². The summed E-state index contributed by atoms with van der Waals surface area (Å²) in [6, 6.07) is 6.48. The van der Waals surface area contributed by atoms with E-state index in [0.29, 0.717) is 23.1 Å². The number of ether oxygens (including phenoxy) is 1. The molecule has 21 heavy (non-hydrogen) atoms. The average molecular weight is 290 g/mol. The van der Waals surface area contributed by atoms with E-state index >= 15 is 0 Å². The van der Waals surface area contributed by atoms with Gasteiger partial charge in [0.25, 0.3) is 5.91 Å². The Bertz CT molecular complexity index is 503. The van der Waals surface area contributed by atoms with Crippen molar-refractivity contribution in [2.75, 3.05) is 19.7 Å². The highest BCUT2D eigenvalue weighted by molar-refractivity contribution is 5.92. The number of nitrogens with two attached hydrogens (primary N) is 1. The normalized spacial score (nSPS) is 21.9. The fourth-order valence-corrected chi connectivity index (χ4v) is 2.82. The van der Waals surface area contributed by atoms with E-state index in [1.54, 1.807) is 24.3 Å². The van der Waals surface area contributed by atoms with Crippen molar-refractivity contribution in [2.45, 2.75) is 20.3 Å². The average Bonchev–Trinajstić information content (AvgIpc) is 2.44. The van der Waals surface area contributed by atoms with Crippen LogP contribution in [0.5, 0.6) is 5.75 Å².